The number of carbonyl (C=O) groups is 2. The van der Waals surface area contributed by atoms with Crippen LogP contribution in [0.1, 0.15) is 17.0 Å². The smallest absolute Gasteiger partial charge is 0.374 e. The molecule has 1 aliphatic rings. The van der Waals surface area contributed by atoms with Gasteiger partial charge >= 0.3 is 5.97 Å². The zero-order chi connectivity index (χ0) is 21.3. The summed E-state index contributed by atoms with van der Waals surface area (Å²) < 4.78 is 34.4. The molecule has 0 aliphatic carbocycles. The summed E-state index contributed by atoms with van der Waals surface area (Å²) in [6.07, 6.45) is 0.335. The van der Waals surface area contributed by atoms with Crippen molar-refractivity contribution in [1.29, 1.82) is 0 Å². The second-order valence-corrected chi connectivity index (χ2v) is 9.69. The Labute approximate surface area is 178 Å². The van der Waals surface area contributed by atoms with E-state index in [0.29, 0.717) is 28.1 Å². The van der Waals surface area contributed by atoms with Gasteiger partial charge in [0.05, 0.1) is 17.5 Å². The van der Waals surface area contributed by atoms with Gasteiger partial charge in [0.25, 0.3) is 5.91 Å². The molecule has 1 aromatic heterocycles. The molecule has 7 nitrogen and oxygen atoms in total. The first-order valence-corrected chi connectivity index (χ1v) is 11.5. The minimum Gasteiger partial charge on any atom is -0.450 e. The maximum atomic E-state index is 12.9. The normalized spacial score (nSPS) is 17.7. The number of rotatable bonds is 5. The Morgan fingerprint density at radius 2 is 1.90 bits per heavy atom. The summed E-state index contributed by atoms with van der Waals surface area (Å²) in [5, 5.41) is 1.14. The van der Waals surface area contributed by atoms with Gasteiger partial charge in [0, 0.05) is 16.1 Å². The van der Waals surface area contributed by atoms with E-state index >= 15 is 0 Å². The molecule has 30 heavy (non-hydrogen) atoms. The van der Waals surface area contributed by atoms with Gasteiger partial charge in [0.1, 0.15) is 5.58 Å². The third kappa shape index (κ3) is 4.34. The van der Waals surface area contributed by atoms with Crippen molar-refractivity contribution >= 4 is 50.0 Å². The Balaban J connectivity index is 1.50. The van der Waals surface area contributed by atoms with Crippen molar-refractivity contribution in [3.63, 3.8) is 0 Å². The molecule has 1 saturated heterocycles. The molecule has 0 N–H and O–H groups in total. The van der Waals surface area contributed by atoms with Crippen LogP contribution in [-0.2, 0) is 19.4 Å². The number of ether oxygens (including phenoxy) is 1. The highest BCUT2D eigenvalue weighted by Gasteiger charge is 2.36. The number of hydrogen-bond donors (Lipinski definition) is 0. The molecule has 1 atom stereocenters. The molecule has 1 aliphatic heterocycles. The molecule has 0 radical (unpaired) electrons. The van der Waals surface area contributed by atoms with Gasteiger partial charge in [0.15, 0.2) is 16.4 Å². The molecule has 1 amide bonds. The van der Waals surface area contributed by atoms with Crippen molar-refractivity contribution < 1.29 is 27.2 Å². The predicted octanol–water partition coefficient (Wildman–Crippen LogP) is 3.46. The number of amides is 1. The lowest BCUT2D eigenvalue weighted by Gasteiger charge is -2.28. The molecular formula is C21H18ClNO6S. The van der Waals surface area contributed by atoms with E-state index < -0.39 is 34.4 Å². The first kappa shape index (κ1) is 20.4. The number of sulfone groups is 1. The maximum absolute atomic E-state index is 12.9. The lowest BCUT2D eigenvalue weighted by Crippen LogP contribution is -2.43. The zero-order valence-corrected chi connectivity index (χ0v) is 17.4. The van der Waals surface area contributed by atoms with Crippen LogP contribution in [0.15, 0.2) is 59.0 Å². The summed E-state index contributed by atoms with van der Waals surface area (Å²) in [7, 11) is -3.20. The first-order valence-electron chi connectivity index (χ1n) is 9.26. The molecular weight excluding hydrogens is 430 g/mol. The largest absolute Gasteiger partial charge is 0.450 e. The summed E-state index contributed by atoms with van der Waals surface area (Å²) in [6.45, 7) is -0.540. The molecule has 9 heteroatoms. The Morgan fingerprint density at radius 1 is 1.13 bits per heavy atom. The van der Waals surface area contributed by atoms with Crippen LogP contribution in [0.3, 0.4) is 0 Å². The summed E-state index contributed by atoms with van der Waals surface area (Å²) in [5.41, 5.74) is 1.03. The van der Waals surface area contributed by atoms with Crippen LogP contribution in [-0.4, -0.2) is 44.4 Å². The summed E-state index contributed by atoms with van der Waals surface area (Å²) >= 11 is 5.93. The number of para-hydroxylation sites is 1. The Morgan fingerprint density at radius 3 is 2.60 bits per heavy atom. The molecule has 1 fully saturated rings. The predicted molar refractivity (Wildman–Crippen MR) is 112 cm³/mol. The van der Waals surface area contributed by atoms with Crippen molar-refractivity contribution in [3.8, 4) is 0 Å². The van der Waals surface area contributed by atoms with Gasteiger partial charge in [0.2, 0.25) is 5.76 Å². The highest BCUT2D eigenvalue weighted by molar-refractivity contribution is 7.91. The van der Waals surface area contributed by atoms with Crippen LogP contribution in [0.25, 0.3) is 11.0 Å². The average Bonchev–Trinajstić information content (AvgIpc) is 3.29. The Kier molecular flexibility index (Phi) is 5.53. The fourth-order valence-corrected chi connectivity index (χ4v) is 5.39. The maximum Gasteiger partial charge on any atom is 0.374 e. The summed E-state index contributed by atoms with van der Waals surface area (Å²) in [5.74, 6) is -1.44. The van der Waals surface area contributed by atoms with Gasteiger partial charge < -0.3 is 14.1 Å². The van der Waals surface area contributed by atoms with Crippen LogP contribution in [0.5, 0.6) is 0 Å². The van der Waals surface area contributed by atoms with E-state index in [9.17, 15) is 18.0 Å². The molecule has 0 spiro atoms. The minimum atomic E-state index is -3.20. The standard InChI is InChI=1S/C21H18ClNO6S/c22-15-6-7-18-14(10-15)11-19(29-18)21(25)28-12-20(24)23(16-4-2-1-3-5-16)17-8-9-30(26,27)13-17/h1-7,10-11,17H,8-9,12-13H2. The van der Waals surface area contributed by atoms with E-state index in [1.54, 1.807) is 48.5 Å². The number of fused-ring (bicyclic) bond motifs is 1. The second kappa shape index (κ2) is 8.12. The fourth-order valence-electron chi connectivity index (χ4n) is 3.51. The molecule has 1 unspecified atom stereocenters. The van der Waals surface area contributed by atoms with Gasteiger partial charge in [-0.25, -0.2) is 13.2 Å². The Hall–Kier alpha value is -2.84. The number of furan rings is 1. The molecule has 0 saturated carbocycles. The molecule has 0 bridgehead atoms. The monoisotopic (exact) mass is 447 g/mol. The number of halogens is 1. The highest BCUT2D eigenvalue weighted by atomic mass is 35.5. The van der Waals surface area contributed by atoms with E-state index in [4.69, 9.17) is 20.8 Å². The Bertz CT molecular complexity index is 1200. The topological polar surface area (TPSA) is 93.9 Å². The van der Waals surface area contributed by atoms with Gasteiger partial charge in [-0.1, -0.05) is 29.8 Å². The quantitative estimate of drug-likeness (QED) is 0.556. The third-order valence-electron chi connectivity index (χ3n) is 4.88. The van der Waals surface area contributed by atoms with E-state index in [1.807, 2.05) is 0 Å². The molecule has 156 valence electrons. The van der Waals surface area contributed by atoms with Gasteiger partial charge in [-0.05, 0) is 42.8 Å². The van der Waals surface area contributed by atoms with Crippen LogP contribution in [0.2, 0.25) is 5.02 Å². The zero-order valence-electron chi connectivity index (χ0n) is 15.8. The highest BCUT2D eigenvalue weighted by Crippen LogP contribution is 2.26. The molecule has 2 heterocycles. The molecule has 4 rings (SSSR count). The average molecular weight is 448 g/mol. The number of anilines is 1. The number of carbonyl (C=O) groups excluding carboxylic acids is 2. The van der Waals surface area contributed by atoms with Crippen LogP contribution in [0, 0.1) is 0 Å². The van der Waals surface area contributed by atoms with Crippen molar-refractivity contribution in [1.82, 2.24) is 0 Å². The number of benzene rings is 2. The lowest BCUT2D eigenvalue weighted by atomic mass is 10.2. The van der Waals surface area contributed by atoms with Crippen LogP contribution >= 0.6 is 11.6 Å². The van der Waals surface area contributed by atoms with Crippen molar-refractivity contribution in [2.75, 3.05) is 23.0 Å². The van der Waals surface area contributed by atoms with E-state index in [-0.39, 0.29) is 17.3 Å². The van der Waals surface area contributed by atoms with E-state index in [1.165, 1.54) is 11.0 Å². The van der Waals surface area contributed by atoms with Crippen LogP contribution < -0.4 is 4.90 Å². The van der Waals surface area contributed by atoms with Crippen molar-refractivity contribution in [2.24, 2.45) is 0 Å². The van der Waals surface area contributed by atoms with E-state index in [0.717, 1.165) is 0 Å². The van der Waals surface area contributed by atoms with Gasteiger partial charge in [-0.3, -0.25) is 4.79 Å². The van der Waals surface area contributed by atoms with Crippen molar-refractivity contribution in [2.45, 2.75) is 12.5 Å². The van der Waals surface area contributed by atoms with Gasteiger partial charge in [-0.15, -0.1) is 0 Å². The second-order valence-electron chi connectivity index (χ2n) is 7.03. The minimum absolute atomic E-state index is 0.0234. The van der Waals surface area contributed by atoms with Gasteiger partial charge in [-0.2, -0.15) is 0 Å². The number of esters is 1. The molecule has 3 aromatic rings. The summed E-state index contributed by atoms with van der Waals surface area (Å²) in [6, 6.07) is 14.7. The van der Waals surface area contributed by atoms with Crippen LogP contribution in [0.4, 0.5) is 5.69 Å². The van der Waals surface area contributed by atoms with E-state index in [2.05, 4.69) is 0 Å². The fraction of sp³-hybridized carbons (Fsp3) is 0.238. The molecule has 2 aromatic carbocycles. The number of nitrogens with zero attached hydrogens (tertiary/aromatic N) is 1. The first-order chi connectivity index (χ1) is 14.3. The third-order valence-corrected chi connectivity index (χ3v) is 6.87. The van der Waals surface area contributed by atoms with Crippen molar-refractivity contribution in [3.05, 3.63) is 65.4 Å². The number of hydrogen-bond acceptors (Lipinski definition) is 6. The SMILES string of the molecule is O=C(OCC(=O)N(c1ccccc1)C1CCS(=O)(=O)C1)c1cc2cc(Cl)ccc2o1. The lowest BCUT2D eigenvalue weighted by molar-refractivity contribution is -0.122. The summed E-state index contributed by atoms with van der Waals surface area (Å²) in [4.78, 5) is 26.7.